The Labute approximate surface area is 211 Å². The Morgan fingerprint density at radius 2 is 1.60 bits per heavy atom. The van der Waals surface area contributed by atoms with E-state index >= 15 is 0 Å². The fourth-order valence-electron chi connectivity index (χ4n) is 4.95. The van der Waals surface area contributed by atoms with E-state index in [9.17, 15) is 10.1 Å². The number of ether oxygens (including phenoxy) is 1. The van der Waals surface area contributed by atoms with Crippen molar-refractivity contribution in [1.82, 2.24) is 9.97 Å². The molecule has 1 aromatic carbocycles. The van der Waals surface area contributed by atoms with Crippen molar-refractivity contribution in [2.75, 3.05) is 0 Å². The minimum Gasteiger partial charge on any atom is -0.425 e. The predicted molar refractivity (Wildman–Crippen MR) is 140 cm³/mol. The molecule has 1 fully saturated rings. The van der Waals surface area contributed by atoms with Gasteiger partial charge in [0.05, 0.1) is 6.07 Å². The molecule has 35 heavy (non-hydrogen) atoms. The lowest BCUT2D eigenvalue weighted by Crippen LogP contribution is -2.37. The van der Waals surface area contributed by atoms with Gasteiger partial charge < -0.3 is 4.74 Å². The number of nitriles is 1. The molecule has 0 N–H and O–H groups in total. The minimum absolute atomic E-state index is 0.415. The zero-order valence-electron chi connectivity index (χ0n) is 21.6. The molecule has 1 heterocycles. The van der Waals surface area contributed by atoms with Gasteiger partial charge in [0.15, 0.2) is 11.2 Å². The van der Waals surface area contributed by atoms with Gasteiger partial charge in [0.25, 0.3) is 0 Å². The molecule has 1 aliphatic rings. The van der Waals surface area contributed by atoms with Gasteiger partial charge in [0.2, 0.25) is 0 Å². The van der Waals surface area contributed by atoms with Gasteiger partial charge in [0, 0.05) is 18.0 Å². The summed E-state index contributed by atoms with van der Waals surface area (Å²) in [6, 6.07) is 9.56. The van der Waals surface area contributed by atoms with E-state index in [1.54, 1.807) is 12.1 Å². The van der Waals surface area contributed by atoms with Crippen LogP contribution < -0.4 is 4.74 Å². The maximum atomic E-state index is 13.0. The third kappa shape index (κ3) is 7.88. The highest BCUT2D eigenvalue weighted by atomic mass is 16.5. The van der Waals surface area contributed by atoms with Crippen LogP contribution in [-0.4, -0.2) is 15.9 Å². The summed E-state index contributed by atoms with van der Waals surface area (Å²) in [5.41, 5.74) is 1.01. The van der Waals surface area contributed by atoms with Crippen molar-refractivity contribution in [1.29, 1.82) is 5.26 Å². The minimum atomic E-state index is -1.02. The highest BCUT2D eigenvalue weighted by Gasteiger charge is 2.43. The first-order chi connectivity index (χ1) is 17.1. The molecule has 0 unspecified atom stereocenters. The fraction of sp³-hybridized carbons (Fsp3) is 0.600. The van der Waals surface area contributed by atoms with Crippen molar-refractivity contribution in [2.45, 2.75) is 104 Å². The second kappa shape index (κ2) is 14.0. The van der Waals surface area contributed by atoms with Crippen LogP contribution in [0.4, 0.5) is 0 Å². The van der Waals surface area contributed by atoms with Crippen molar-refractivity contribution >= 4 is 5.97 Å². The smallest absolute Gasteiger partial charge is 0.331 e. The first-order valence-electron chi connectivity index (χ1n) is 13.6. The lowest BCUT2D eigenvalue weighted by Gasteiger charge is -2.33. The summed E-state index contributed by atoms with van der Waals surface area (Å²) < 4.78 is 5.67. The van der Waals surface area contributed by atoms with Gasteiger partial charge in [-0.3, -0.25) is 0 Å². The number of aromatic nitrogens is 2. The Bertz CT molecular complexity index is 939. The topological polar surface area (TPSA) is 75.9 Å². The van der Waals surface area contributed by atoms with E-state index in [0.29, 0.717) is 30.3 Å². The van der Waals surface area contributed by atoms with Crippen LogP contribution in [0.1, 0.15) is 103 Å². The van der Waals surface area contributed by atoms with Gasteiger partial charge in [-0.1, -0.05) is 65.2 Å². The van der Waals surface area contributed by atoms with Crippen LogP contribution in [0, 0.1) is 22.7 Å². The summed E-state index contributed by atoms with van der Waals surface area (Å²) in [4.78, 5) is 22.0. The second-order valence-electron chi connectivity index (χ2n) is 10.1. The maximum absolute atomic E-state index is 13.0. The molecule has 5 heteroatoms. The number of unbranched alkanes of at least 4 members (excludes halogenated alkanes) is 6. The third-order valence-electron chi connectivity index (χ3n) is 7.38. The Morgan fingerprint density at radius 1 is 0.971 bits per heavy atom. The van der Waals surface area contributed by atoms with Gasteiger partial charge in [-0.2, -0.15) is 5.26 Å². The fourth-order valence-corrected chi connectivity index (χ4v) is 4.95. The number of aryl methyl sites for hydroxylation is 1. The number of benzene rings is 1. The van der Waals surface area contributed by atoms with E-state index in [4.69, 9.17) is 4.74 Å². The molecule has 0 bridgehead atoms. The van der Waals surface area contributed by atoms with Crippen molar-refractivity contribution in [2.24, 2.45) is 11.3 Å². The number of esters is 1. The van der Waals surface area contributed by atoms with Crippen LogP contribution in [0.2, 0.25) is 0 Å². The Balaban J connectivity index is 1.50. The molecule has 0 radical (unpaired) electrons. The Morgan fingerprint density at radius 3 is 2.23 bits per heavy atom. The quantitative estimate of drug-likeness (QED) is 0.167. The first kappa shape index (κ1) is 26.9. The monoisotopic (exact) mass is 475 g/mol. The molecule has 188 valence electrons. The molecule has 3 rings (SSSR count). The standard InChI is InChI=1S/C30H41N3O2/c1-3-5-7-8-10-11-24-17-19-30(23-31,20-18-24)29(34)35-27-15-13-26(14-16-27)28-32-21-25(22-33-28)12-9-6-4-2/h13-16,21-22,24H,3-12,17-20H2,1-2H3. The summed E-state index contributed by atoms with van der Waals surface area (Å²) in [5, 5.41) is 9.87. The van der Waals surface area contributed by atoms with E-state index in [0.717, 1.165) is 36.8 Å². The molecular formula is C30H41N3O2. The summed E-state index contributed by atoms with van der Waals surface area (Å²) >= 11 is 0. The highest BCUT2D eigenvalue weighted by molar-refractivity contribution is 5.82. The predicted octanol–water partition coefficient (Wildman–Crippen LogP) is 7.84. The highest BCUT2D eigenvalue weighted by Crippen LogP contribution is 2.41. The van der Waals surface area contributed by atoms with E-state index in [1.165, 1.54) is 51.4 Å². The van der Waals surface area contributed by atoms with Crippen LogP contribution >= 0.6 is 0 Å². The van der Waals surface area contributed by atoms with Crippen molar-refractivity contribution in [3.63, 3.8) is 0 Å². The van der Waals surface area contributed by atoms with Gasteiger partial charge in [-0.05, 0) is 74.3 Å². The van der Waals surface area contributed by atoms with Crippen LogP contribution in [-0.2, 0) is 11.2 Å². The van der Waals surface area contributed by atoms with Gasteiger partial charge in [-0.15, -0.1) is 0 Å². The Hall–Kier alpha value is -2.74. The number of nitrogens with zero attached hydrogens (tertiary/aromatic N) is 3. The zero-order valence-corrected chi connectivity index (χ0v) is 21.6. The van der Waals surface area contributed by atoms with Gasteiger partial charge in [0.1, 0.15) is 5.75 Å². The van der Waals surface area contributed by atoms with Crippen LogP contribution in [0.25, 0.3) is 11.4 Å². The summed E-state index contributed by atoms with van der Waals surface area (Å²) in [5.74, 6) is 1.33. The molecule has 2 aromatic rings. The summed E-state index contributed by atoms with van der Waals surface area (Å²) in [6.07, 6.45) is 19.1. The largest absolute Gasteiger partial charge is 0.425 e. The molecule has 5 nitrogen and oxygen atoms in total. The number of rotatable bonds is 13. The summed E-state index contributed by atoms with van der Waals surface area (Å²) in [7, 11) is 0. The van der Waals surface area contributed by atoms with Crippen LogP contribution in [0.15, 0.2) is 36.7 Å². The van der Waals surface area contributed by atoms with E-state index in [1.807, 2.05) is 24.5 Å². The molecular weight excluding hydrogens is 434 g/mol. The third-order valence-corrected chi connectivity index (χ3v) is 7.38. The average molecular weight is 476 g/mol. The SMILES string of the molecule is CCCCCCCC1CCC(C#N)(C(=O)Oc2ccc(-c3ncc(CCCCC)cn3)cc2)CC1. The zero-order chi connectivity index (χ0) is 24.9. The molecule has 1 aromatic heterocycles. The molecule has 0 aliphatic heterocycles. The lowest BCUT2D eigenvalue weighted by molar-refractivity contribution is -0.144. The average Bonchev–Trinajstić information content (AvgIpc) is 2.90. The number of carbonyl (C=O) groups is 1. The van der Waals surface area contributed by atoms with Crippen molar-refractivity contribution in [3.05, 3.63) is 42.2 Å². The molecule has 0 spiro atoms. The van der Waals surface area contributed by atoms with Crippen molar-refractivity contribution < 1.29 is 9.53 Å². The molecule has 1 saturated carbocycles. The van der Waals surface area contributed by atoms with E-state index in [-0.39, 0.29) is 0 Å². The number of carbonyl (C=O) groups excluding carboxylic acids is 1. The van der Waals surface area contributed by atoms with E-state index < -0.39 is 11.4 Å². The number of hydrogen-bond donors (Lipinski definition) is 0. The van der Waals surface area contributed by atoms with Crippen LogP contribution in [0.3, 0.4) is 0 Å². The Kier molecular flexibility index (Phi) is 10.7. The maximum Gasteiger partial charge on any atom is 0.331 e. The van der Waals surface area contributed by atoms with Gasteiger partial charge >= 0.3 is 5.97 Å². The van der Waals surface area contributed by atoms with Crippen LogP contribution in [0.5, 0.6) is 5.75 Å². The molecule has 1 aliphatic carbocycles. The molecule has 0 amide bonds. The number of hydrogen-bond acceptors (Lipinski definition) is 5. The summed E-state index contributed by atoms with van der Waals surface area (Å²) in [6.45, 7) is 4.43. The van der Waals surface area contributed by atoms with Crippen molar-refractivity contribution in [3.8, 4) is 23.2 Å². The normalized spacial score (nSPS) is 19.7. The molecule has 0 saturated heterocycles. The molecule has 0 atom stereocenters. The first-order valence-corrected chi connectivity index (χ1v) is 13.6. The van der Waals surface area contributed by atoms with E-state index in [2.05, 4.69) is 29.9 Å². The van der Waals surface area contributed by atoms with Gasteiger partial charge in [-0.25, -0.2) is 14.8 Å². The lowest BCUT2D eigenvalue weighted by atomic mass is 9.70. The second-order valence-corrected chi connectivity index (χ2v) is 10.1.